The molecule has 1 aromatic carbocycles. The number of nitrogen functional groups attached to an aromatic ring is 1. The molecule has 26 heavy (non-hydrogen) atoms. The summed E-state index contributed by atoms with van der Waals surface area (Å²) in [5.74, 6) is 3.77. The first-order chi connectivity index (χ1) is 12.4. The minimum Gasteiger partial charge on any atom is -0.320 e. The van der Waals surface area contributed by atoms with E-state index in [1.807, 2.05) is 0 Å². The third-order valence-electron chi connectivity index (χ3n) is 3.36. The lowest BCUT2D eigenvalue weighted by Crippen LogP contribution is -2.26. The van der Waals surface area contributed by atoms with Crippen LogP contribution >= 0.6 is 15.9 Å². The average Bonchev–Trinajstić information content (AvgIpc) is 2.58. The van der Waals surface area contributed by atoms with Gasteiger partial charge in [0.25, 0.3) is 6.43 Å². The van der Waals surface area contributed by atoms with Gasteiger partial charge < -0.3 is 4.90 Å². The Morgan fingerprint density at radius 2 is 1.88 bits per heavy atom. The summed E-state index contributed by atoms with van der Waals surface area (Å²) in [6, 6.07) is 4.73. The molecule has 3 aromatic rings. The van der Waals surface area contributed by atoms with E-state index >= 15 is 0 Å². The van der Waals surface area contributed by atoms with Crippen LogP contribution in [0.15, 0.2) is 34.9 Å². The van der Waals surface area contributed by atoms with E-state index in [2.05, 4.69) is 36.3 Å². The van der Waals surface area contributed by atoms with Crippen molar-refractivity contribution in [1.82, 2.24) is 15.0 Å². The fourth-order valence-electron chi connectivity index (χ4n) is 2.39. The number of aromatic nitrogens is 3. The monoisotopic (exact) mass is 430 g/mol. The fourth-order valence-corrected chi connectivity index (χ4v) is 2.84. The fraction of sp³-hybridized carbons (Fsp3) is 0.133. The van der Waals surface area contributed by atoms with Crippen molar-refractivity contribution < 1.29 is 17.6 Å². The van der Waals surface area contributed by atoms with Gasteiger partial charge >= 0.3 is 0 Å². The third-order valence-corrected chi connectivity index (χ3v) is 3.82. The van der Waals surface area contributed by atoms with Crippen molar-refractivity contribution in [1.29, 1.82) is 0 Å². The Morgan fingerprint density at radius 1 is 1.12 bits per heavy atom. The summed E-state index contributed by atoms with van der Waals surface area (Å²) in [6.07, 6.45) is -1.85. The molecule has 2 aromatic heterocycles. The predicted octanol–water partition coefficient (Wildman–Crippen LogP) is 3.75. The van der Waals surface area contributed by atoms with Crippen molar-refractivity contribution in [3.05, 3.63) is 46.6 Å². The van der Waals surface area contributed by atoms with E-state index in [0.29, 0.717) is 4.47 Å². The third kappa shape index (κ3) is 3.83. The highest BCUT2D eigenvalue weighted by Gasteiger charge is 2.22. The molecule has 0 unspecified atom stereocenters. The van der Waals surface area contributed by atoms with E-state index < -0.39 is 24.6 Å². The quantitative estimate of drug-likeness (QED) is 0.364. The molecule has 136 valence electrons. The number of fused-ring (bicyclic) bond motifs is 1. The van der Waals surface area contributed by atoms with Crippen molar-refractivity contribution >= 4 is 44.4 Å². The number of nitrogens with zero attached hydrogens (tertiary/aromatic N) is 4. The van der Waals surface area contributed by atoms with E-state index in [9.17, 15) is 17.6 Å². The standard InChI is InChI=1S/C15H11BrF4N6/c16-7-1-8(17)3-10(2-7)26(6-12(19)20)14-11-4-9(18)5-22-13(11)23-15(24-14)25-21/h1-5,12H,6,21H2,(H,22,23,24,25). The molecule has 0 aliphatic heterocycles. The first-order valence-corrected chi connectivity index (χ1v) is 7.98. The average molecular weight is 431 g/mol. The zero-order chi connectivity index (χ0) is 18.8. The van der Waals surface area contributed by atoms with E-state index in [-0.39, 0.29) is 28.5 Å². The minimum absolute atomic E-state index is 0.0408. The number of nitrogens with two attached hydrogens (primary N) is 1. The van der Waals surface area contributed by atoms with Crippen LogP contribution in [0.5, 0.6) is 0 Å². The summed E-state index contributed by atoms with van der Waals surface area (Å²) in [7, 11) is 0. The van der Waals surface area contributed by atoms with Crippen LogP contribution < -0.4 is 16.2 Å². The zero-order valence-electron chi connectivity index (χ0n) is 12.9. The minimum atomic E-state index is -2.78. The normalized spacial score (nSPS) is 11.2. The molecular weight excluding hydrogens is 420 g/mol. The molecule has 3 rings (SSSR count). The van der Waals surface area contributed by atoms with E-state index in [0.717, 1.165) is 23.2 Å². The van der Waals surface area contributed by atoms with Gasteiger partial charge in [0.1, 0.15) is 17.5 Å². The Kier molecular flexibility index (Phi) is 5.18. The Labute approximate surface area is 153 Å². The smallest absolute Gasteiger partial charge is 0.256 e. The van der Waals surface area contributed by atoms with Crippen LogP contribution in [0.25, 0.3) is 11.0 Å². The van der Waals surface area contributed by atoms with Gasteiger partial charge in [-0.1, -0.05) is 15.9 Å². The number of benzene rings is 1. The number of rotatable bonds is 5. The van der Waals surface area contributed by atoms with Gasteiger partial charge in [0.15, 0.2) is 5.65 Å². The summed E-state index contributed by atoms with van der Waals surface area (Å²) < 4.78 is 54.2. The molecule has 0 fully saturated rings. The van der Waals surface area contributed by atoms with Gasteiger partial charge in [-0.3, -0.25) is 5.43 Å². The number of hydrogen-bond acceptors (Lipinski definition) is 6. The lowest BCUT2D eigenvalue weighted by Gasteiger charge is -2.25. The number of anilines is 3. The van der Waals surface area contributed by atoms with Gasteiger partial charge in [0, 0.05) is 10.2 Å². The lowest BCUT2D eigenvalue weighted by molar-refractivity contribution is 0.158. The van der Waals surface area contributed by atoms with E-state index in [1.165, 1.54) is 12.1 Å². The topological polar surface area (TPSA) is 80.0 Å². The molecule has 0 saturated carbocycles. The SMILES string of the molecule is NNc1nc(N(CC(F)F)c2cc(F)cc(Br)c2)c2cc(F)cnc2n1. The molecule has 11 heteroatoms. The van der Waals surface area contributed by atoms with E-state index in [4.69, 9.17) is 5.84 Å². The lowest BCUT2D eigenvalue weighted by atomic mass is 10.2. The van der Waals surface area contributed by atoms with Crippen LogP contribution in [0.4, 0.5) is 35.0 Å². The second kappa shape index (κ2) is 7.38. The molecule has 0 saturated heterocycles. The van der Waals surface area contributed by atoms with Crippen LogP contribution in [-0.4, -0.2) is 27.9 Å². The zero-order valence-corrected chi connectivity index (χ0v) is 14.5. The van der Waals surface area contributed by atoms with Gasteiger partial charge in [-0.05, 0) is 24.3 Å². The maximum atomic E-state index is 13.8. The van der Waals surface area contributed by atoms with Gasteiger partial charge in [-0.15, -0.1) is 0 Å². The van der Waals surface area contributed by atoms with Crippen LogP contribution in [0.3, 0.4) is 0 Å². The maximum Gasteiger partial charge on any atom is 0.256 e. The summed E-state index contributed by atoms with van der Waals surface area (Å²) in [6.45, 7) is -0.817. The first kappa shape index (κ1) is 18.3. The second-order valence-electron chi connectivity index (χ2n) is 5.17. The molecule has 6 nitrogen and oxygen atoms in total. The van der Waals surface area contributed by atoms with Gasteiger partial charge in [-0.2, -0.15) is 9.97 Å². The van der Waals surface area contributed by atoms with Crippen molar-refractivity contribution in [2.45, 2.75) is 6.43 Å². The van der Waals surface area contributed by atoms with E-state index in [1.54, 1.807) is 0 Å². The Balaban J connectivity index is 2.27. The van der Waals surface area contributed by atoms with Gasteiger partial charge in [0.2, 0.25) is 5.95 Å². The molecule has 0 aliphatic rings. The molecule has 0 atom stereocenters. The molecule has 0 aliphatic carbocycles. The number of hydrogen-bond donors (Lipinski definition) is 2. The second-order valence-corrected chi connectivity index (χ2v) is 6.08. The van der Waals surface area contributed by atoms with Crippen molar-refractivity contribution in [3.8, 4) is 0 Å². The number of alkyl halides is 2. The van der Waals surface area contributed by atoms with Crippen molar-refractivity contribution in [3.63, 3.8) is 0 Å². The van der Waals surface area contributed by atoms with Crippen LogP contribution in [-0.2, 0) is 0 Å². The predicted molar refractivity (Wildman–Crippen MR) is 92.2 cm³/mol. The summed E-state index contributed by atoms with van der Waals surface area (Å²) in [4.78, 5) is 12.9. The first-order valence-electron chi connectivity index (χ1n) is 7.19. The highest BCUT2D eigenvalue weighted by molar-refractivity contribution is 9.10. The number of hydrazine groups is 1. The summed E-state index contributed by atoms with van der Waals surface area (Å²) in [5, 5.41) is 0.0741. The number of nitrogens with one attached hydrogen (secondary N) is 1. The van der Waals surface area contributed by atoms with Crippen molar-refractivity contribution in [2.75, 3.05) is 16.9 Å². The molecule has 2 heterocycles. The summed E-state index contributed by atoms with van der Waals surface area (Å²) >= 11 is 3.12. The summed E-state index contributed by atoms with van der Waals surface area (Å²) in [5.41, 5.74) is 2.33. The molecule has 0 radical (unpaired) electrons. The van der Waals surface area contributed by atoms with Crippen LogP contribution in [0.1, 0.15) is 0 Å². The van der Waals surface area contributed by atoms with Gasteiger partial charge in [-0.25, -0.2) is 28.4 Å². The largest absolute Gasteiger partial charge is 0.320 e. The van der Waals surface area contributed by atoms with Crippen molar-refractivity contribution in [2.24, 2.45) is 5.84 Å². The van der Waals surface area contributed by atoms with Gasteiger partial charge in [0.05, 0.1) is 18.1 Å². The van der Waals surface area contributed by atoms with Crippen LogP contribution in [0.2, 0.25) is 0 Å². The molecule has 0 amide bonds. The maximum absolute atomic E-state index is 13.8. The Bertz CT molecular complexity index is 935. The molecule has 3 N–H and O–H groups in total. The molecule has 0 spiro atoms. The Hall–Kier alpha value is -2.53. The highest BCUT2D eigenvalue weighted by Crippen LogP contribution is 2.33. The molecule has 0 bridgehead atoms. The number of halogens is 5. The van der Waals surface area contributed by atoms with Crippen LogP contribution in [0, 0.1) is 11.6 Å². The number of pyridine rings is 1. The highest BCUT2D eigenvalue weighted by atomic mass is 79.9. The molecular formula is C15H11BrF4N6. The Morgan fingerprint density at radius 3 is 2.54 bits per heavy atom.